The van der Waals surface area contributed by atoms with Gasteiger partial charge in [-0.3, -0.25) is 0 Å². The molecule has 17 heavy (non-hydrogen) atoms. The van der Waals surface area contributed by atoms with E-state index in [9.17, 15) is 0 Å². The highest BCUT2D eigenvalue weighted by atomic mass is 35.5. The summed E-state index contributed by atoms with van der Waals surface area (Å²) in [5.41, 5.74) is 8.13. The van der Waals surface area contributed by atoms with Gasteiger partial charge in [-0.2, -0.15) is 0 Å². The highest BCUT2D eigenvalue weighted by Gasteiger charge is 2.22. The minimum atomic E-state index is -0.0559. The smallest absolute Gasteiger partial charge is 0.180 e. The molecule has 94 valence electrons. The molecule has 0 aliphatic carbocycles. The second-order valence-corrected chi connectivity index (χ2v) is 4.68. The van der Waals surface area contributed by atoms with Crippen LogP contribution in [0.4, 0.5) is 0 Å². The Morgan fingerprint density at radius 1 is 1.35 bits per heavy atom. The molecule has 3 nitrogen and oxygen atoms in total. The number of rotatable bonds is 2. The van der Waals surface area contributed by atoms with Gasteiger partial charge in [0.2, 0.25) is 0 Å². The van der Waals surface area contributed by atoms with E-state index < -0.39 is 0 Å². The molecule has 1 aliphatic heterocycles. The molecule has 4 heteroatoms. The Balaban J connectivity index is 2.60. The standard InChI is InChI=1S/C13H18ClNO2/c1-3-9-10(8(2)15)7-11(14)13-12(9)16-5-4-6-17-13/h7-8H,3-6,15H2,1-2H3. The molecule has 0 amide bonds. The van der Waals surface area contributed by atoms with Crippen molar-refractivity contribution in [2.45, 2.75) is 32.7 Å². The Labute approximate surface area is 107 Å². The molecule has 2 N–H and O–H groups in total. The SMILES string of the molecule is CCc1c(C(C)N)cc(Cl)c2c1OCCCO2. The number of benzene rings is 1. The summed E-state index contributed by atoms with van der Waals surface area (Å²) >= 11 is 6.23. The third-order valence-corrected chi connectivity index (χ3v) is 3.23. The van der Waals surface area contributed by atoms with E-state index in [1.54, 1.807) is 0 Å². The van der Waals surface area contributed by atoms with Crippen molar-refractivity contribution in [1.29, 1.82) is 0 Å². The van der Waals surface area contributed by atoms with Gasteiger partial charge < -0.3 is 15.2 Å². The lowest BCUT2D eigenvalue weighted by atomic mass is 9.98. The molecule has 0 spiro atoms. The van der Waals surface area contributed by atoms with Crippen LogP contribution in [0.2, 0.25) is 5.02 Å². The maximum atomic E-state index is 6.23. The van der Waals surface area contributed by atoms with Gasteiger partial charge in [-0.15, -0.1) is 0 Å². The van der Waals surface area contributed by atoms with Crippen LogP contribution in [0.3, 0.4) is 0 Å². The monoisotopic (exact) mass is 255 g/mol. The zero-order chi connectivity index (χ0) is 12.4. The first kappa shape index (κ1) is 12.5. The molecule has 1 aromatic rings. The molecule has 1 aromatic carbocycles. The summed E-state index contributed by atoms with van der Waals surface area (Å²) in [5, 5.41) is 0.589. The van der Waals surface area contributed by atoms with Crippen molar-refractivity contribution < 1.29 is 9.47 Å². The number of hydrogen-bond donors (Lipinski definition) is 1. The van der Waals surface area contributed by atoms with E-state index in [1.165, 1.54) is 0 Å². The van der Waals surface area contributed by atoms with Crippen LogP contribution in [0.25, 0.3) is 0 Å². The first-order chi connectivity index (χ1) is 8.15. The van der Waals surface area contributed by atoms with E-state index >= 15 is 0 Å². The fourth-order valence-corrected chi connectivity index (χ4v) is 2.39. The third-order valence-electron chi connectivity index (χ3n) is 2.95. The Bertz CT molecular complexity index is 418. The second-order valence-electron chi connectivity index (χ2n) is 4.28. The second kappa shape index (κ2) is 5.15. The van der Waals surface area contributed by atoms with E-state index in [2.05, 4.69) is 6.92 Å². The van der Waals surface area contributed by atoms with Crippen LogP contribution >= 0.6 is 11.6 Å². The Morgan fingerprint density at radius 3 is 2.59 bits per heavy atom. The van der Waals surface area contributed by atoms with E-state index in [0.29, 0.717) is 24.0 Å². The van der Waals surface area contributed by atoms with Crippen molar-refractivity contribution in [3.63, 3.8) is 0 Å². The van der Waals surface area contributed by atoms with Crippen LogP contribution in [0, 0.1) is 0 Å². The first-order valence-electron chi connectivity index (χ1n) is 6.01. The third kappa shape index (κ3) is 2.35. The lowest BCUT2D eigenvalue weighted by molar-refractivity contribution is 0.296. The van der Waals surface area contributed by atoms with Gasteiger partial charge in [0.05, 0.1) is 18.2 Å². The summed E-state index contributed by atoms with van der Waals surface area (Å²) in [5.74, 6) is 1.45. The van der Waals surface area contributed by atoms with E-state index in [4.69, 9.17) is 26.8 Å². The van der Waals surface area contributed by atoms with E-state index in [1.807, 2.05) is 13.0 Å². The van der Waals surface area contributed by atoms with Gasteiger partial charge in [-0.05, 0) is 25.0 Å². The Morgan fingerprint density at radius 2 is 2.00 bits per heavy atom. The summed E-state index contributed by atoms with van der Waals surface area (Å²) in [6.07, 6.45) is 1.74. The summed E-state index contributed by atoms with van der Waals surface area (Å²) in [4.78, 5) is 0. The number of halogens is 1. The molecular formula is C13H18ClNO2. The van der Waals surface area contributed by atoms with Gasteiger partial charge in [-0.1, -0.05) is 18.5 Å². The predicted molar refractivity (Wildman–Crippen MR) is 69.0 cm³/mol. The van der Waals surface area contributed by atoms with E-state index in [-0.39, 0.29) is 6.04 Å². The summed E-state index contributed by atoms with van der Waals surface area (Å²) in [6, 6.07) is 1.85. The first-order valence-corrected chi connectivity index (χ1v) is 6.39. The van der Waals surface area contributed by atoms with Gasteiger partial charge in [-0.25, -0.2) is 0 Å². The molecule has 1 unspecified atom stereocenters. The van der Waals surface area contributed by atoms with E-state index in [0.717, 1.165) is 29.7 Å². The zero-order valence-corrected chi connectivity index (χ0v) is 11.0. The zero-order valence-electron chi connectivity index (χ0n) is 10.3. The fourth-order valence-electron chi connectivity index (χ4n) is 2.13. The molecular weight excluding hydrogens is 238 g/mol. The average Bonchev–Trinajstić information content (AvgIpc) is 2.54. The highest BCUT2D eigenvalue weighted by molar-refractivity contribution is 6.32. The van der Waals surface area contributed by atoms with Crippen LogP contribution in [0.15, 0.2) is 6.07 Å². The molecule has 0 bridgehead atoms. The van der Waals surface area contributed by atoms with Gasteiger partial charge in [0.15, 0.2) is 11.5 Å². The summed E-state index contributed by atoms with van der Waals surface area (Å²) in [6.45, 7) is 5.35. The highest BCUT2D eigenvalue weighted by Crippen LogP contribution is 2.43. The van der Waals surface area contributed by atoms with Crippen molar-refractivity contribution in [2.24, 2.45) is 5.73 Å². The van der Waals surface area contributed by atoms with Crippen LogP contribution < -0.4 is 15.2 Å². The predicted octanol–water partition coefficient (Wildman–Crippen LogP) is 3.08. The molecule has 0 fully saturated rings. The van der Waals surface area contributed by atoms with Crippen LogP contribution in [-0.2, 0) is 6.42 Å². The minimum Gasteiger partial charge on any atom is -0.489 e. The Hall–Kier alpha value is -0.930. The lowest BCUT2D eigenvalue weighted by Crippen LogP contribution is -2.10. The van der Waals surface area contributed by atoms with Gasteiger partial charge in [0.1, 0.15) is 0 Å². The quantitative estimate of drug-likeness (QED) is 0.883. The summed E-state index contributed by atoms with van der Waals surface area (Å²) in [7, 11) is 0. The maximum absolute atomic E-state index is 6.23. The number of hydrogen-bond acceptors (Lipinski definition) is 3. The number of fused-ring (bicyclic) bond motifs is 1. The number of ether oxygens (including phenoxy) is 2. The fraction of sp³-hybridized carbons (Fsp3) is 0.538. The van der Waals surface area contributed by atoms with Crippen molar-refractivity contribution in [3.8, 4) is 11.5 Å². The lowest BCUT2D eigenvalue weighted by Gasteiger charge is -2.19. The number of nitrogens with two attached hydrogens (primary N) is 1. The van der Waals surface area contributed by atoms with Crippen LogP contribution in [0.1, 0.15) is 37.4 Å². The van der Waals surface area contributed by atoms with Gasteiger partial charge in [0.25, 0.3) is 0 Å². The molecule has 0 saturated carbocycles. The van der Waals surface area contributed by atoms with Crippen molar-refractivity contribution in [1.82, 2.24) is 0 Å². The molecule has 1 atom stereocenters. The maximum Gasteiger partial charge on any atom is 0.180 e. The molecule has 0 aromatic heterocycles. The molecule has 1 heterocycles. The molecule has 2 rings (SSSR count). The average molecular weight is 256 g/mol. The molecule has 1 aliphatic rings. The minimum absolute atomic E-state index is 0.0559. The van der Waals surface area contributed by atoms with Crippen molar-refractivity contribution in [2.75, 3.05) is 13.2 Å². The topological polar surface area (TPSA) is 44.5 Å². The van der Waals surface area contributed by atoms with Crippen molar-refractivity contribution >= 4 is 11.6 Å². The normalized spacial score (nSPS) is 16.5. The Kier molecular flexibility index (Phi) is 3.79. The van der Waals surface area contributed by atoms with Gasteiger partial charge >= 0.3 is 0 Å². The van der Waals surface area contributed by atoms with Gasteiger partial charge in [0, 0.05) is 18.0 Å². The molecule has 0 radical (unpaired) electrons. The molecule has 0 saturated heterocycles. The summed E-state index contributed by atoms with van der Waals surface area (Å²) < 4.78 is 11.4. The van der Waals surface area contributed by atoms with Crippen LogP contribution in [0.5, 0.6) is 11.5 Å². The van der Waals surface area contributed by atoms with Crippen molar-refractivity contribution in [3.05, 3.63) is 22.2 Å². The largest absolute Gasteiger partial charge is 0.489 e. The van der Waals surface area contributed by atoms with Crippen LogP contribution in [-0.4, -0.2) is 13.2 Å².